The standard InChI is InChI=1S/C12H17N3O2S2/c1-9-7-18-8-10(9)4-15-19(16,17)12-3-11(5-13-2)14-6-12/h3,6-8,13-15H,4-5H2,1-2H3. The van der Waals surface area contributed by atoms with Gasteiger partial charge in [0, 0.05) is 25.0 Å². The smallest absolute Gasteiger partial charge is 0.242 e. The lowest BCUT2D eigenvalue weighted by Crippen LogP contribution is -2.22. The number of thiophene rings is 1. The molecule has 0 aromatic carbocycles. The van der Waals surface area contributed by atoms with Crippen LogP contribution in [0.15, 0.2) is 27.9 Å². The molecule has 0 aliphatic carbocycles. The van der Waals surface area contributed by atoms with Gasteiger partial charge in [-0.2, -0.15) is 11.3 Å². The van der Waals surface area contributed by atoms with Gasteiger partial charge < -0.3 is 10.3 Å². The Morgan fingerprint density at radius 2 is 2.11 bits per heavy atom. The first-order valence-corrected chi connectivity index (χ1v) is 8.29. The summed E-state index contributed by atoms with van der Waals surface area (Å²) < 4.78 is 26.8. The van der Waals surface area contributed by atoms with E-state index in [1.807, 2.05) is 24.7 Å². The van der Waals surface area contributed by atoms with Crippen molar-refractivity contribution in [2.45, 2.75) is 24.9 Å². The molecule has 2 aromatic heterocycles. The van der Waals surface area contributed by atoms with Crippen LogP contribution in [0, 0.1) is 6.92 Å². The van der Waals surface area contributed by atoms with Crippen LogP contribution in [-0.2, 0) is 23.1 Å². The molecular weight excluding hydrogens is 282 g/mol. The molecule has 0 aliphatic rings. The van der Waals surface area contributed by atoms with Crippen molar-refractivity contribution in [2.24, 2.45) is 0 Å². The van der Waals surface area contributed by atoms with Crippen molar-refractivity contribution in [3.8, 4) is 0 Å². The van der Waals surface area contributed by atoms with Crippen molar-refractivity contribution in [2.75, 3.05) is 7.05 Å². The van der Waals surface area contributed by atoms with Gasteiger partial charge in [-0.3, -0.25) is 0 Å². The zero-order valence-corrected chi connectivity index (χ0v) is 12.5. The minimum atomic E-state index is -3.46. The molecule has 0 saturated heterocycles. The van der Waals surface area contributed by atoms with Crippen LogP contribution in [0.4, 0.5) is 0 Å². The summed E-state index contributed by atoms with van der Waals surface area (Å²) in [6, 6.07) is 1.64. The molecule has 0 saturated carbocycles. The highest BCUT2D eigenvalue weighted by Crippen LogP contribution is 2.15. The van der Waals surface area contributed by atoms with Gasteiger partial charge in [0.15, 0.2) is 0 Å². The Bertz CT molecular complexity index is 643. The van der Waals surface area contributed by atoms with Crippen molar-refractivity contribution < 1.29 is 8.42 Å². The number of H-pyrrole nitrogens is 1. The van der Waals surface area contributed by atoms with Crippen LogP contribution in [0.2, 0.25) is 0 Å². The Hall–Kier alpha value is -1.15. The maximum atomic E-state index is 12.1. The first-order chi connectivity index (χ1) is 9.03. The summed E-state index contributed by atoms with van der Waals surface area (Å²) in [4.78, 5) is 3.21. The molecule has 2 aromatic rings. The third-order valence-electron chi connectivity index (χ3n) is 2.81. The molecule has 0 fully saturated rings. The molecule has 0 aliphatic heterocycles. The summed E-state index contributed by atoms with van der Waals surface area (Å²) in [7, 11) is -1.64. The van der Waals surface area contributed by atoms with Gasteiger partial charge in [0.2, 0.25) is 10.0 Å². The van der Waals surface area contributed by atoms with Crippen molar-refractivity contribution in [3.05, 3.63) is 39.8 Å². The average molecular weight is 299 g/mol. The molecule has 0 amide bonds. The highest BCUT2D eigenvalue weighted by molar-refractivity contribution is 7.89. The van der Waals surface area contributed by atoms with Crippen molar-refractivity contribution in [1.29, 1.82) is 0 Å². The molecule has 2 heterocycles. The number of aromatic nitrogens is 1. The molecule has 2 rings (SSSR count). The number of hydrogen-bond acceptors (Lipinski definition) is 4. The van der Waals surface area contributed by atoms with Crippen LogP contribution >= 0.6 is 11.3 Å². The second-order valence-electron chi connectivity index (χ2n) is 4.30. The number of rotatable bonds is 6. The third kappa shape index (κ3) is 3.44. The first-order valence-electron chi connectivity index (χ1n) is 5.86. The summed E-state index contributed by atoms with van der Waals surface area (Å²) in [6.07, 6.45) is 1.51. The molecule has 0 radical (unpaired) electrons. The zero-order chi connectivity index (χ0) is 13.9. The van der Waals surface area contributed by atoms with E-state index in [1.165, 1.54) is 6.20 Å². The summed E-state index contributed by atoms with van der Waals surface area (Å²) in [5, 5.41) is 6.93. The van der Waals surface area contributed by atoms with Gasteiger partial charge in [-0.25, -0.2) is 13.1 Å². The van der Waals surface area contributed by atoms with Gasteiger partial charge in [0.1, 0.15) is 0 Å². The van der Waals surface area contributed by atoms with Crippen LogP contribution < -0.4 is 10.0 Å². The second kappa shape index (κ2) is 5.87. The van der Waals surface area contributed by atoms with Crippen LogP contribution in [0.1, 0.15) is 16.8 Å². The van der Waals surface area contributed by atoms with E-state index in [0.29, 0.717) is 13.1 Å². The minimum Gasteiger partial charge on any atom is -0.363 e. The Kier molecular flexibility index (Phi) is 4.41. The topological polar surface area (TPSA) is 74.0 Å². The maximum absolute atomic E-state index is 12.1. The van der Waals surface area contributed by atoms with E-state index in [-0.39, 0.29) is 4.90 Å². The largest absolute Gasteiger partial charge is 0.363 e. The van der Waals surface area contributed by atoms with Crippen molar-refractivity contribution in [1.82, 2.24) is 15.0 Å². The van der Waals surface area contributed by atoms with Crippen LogP contribution in [0.3, 0.4) is 0 Å². The second-order valence-corrected chi connectivity index (χ2v) is 6.81. The predicted molar refractivity (Wildman–Crippen MR) is 76.6 cm³/mol. The number of sulfonamides is 1. The highest BCUT2D eigenvalue weighted by Gasteiger charge is 2.16. The van der Waals surface area contributed by atoms with Crippen molar-refractivity contribution in [3.63, 3.8) is 0 Å². The zero-order valence-electron chi connectivity index (χ0n) is 10.9. The van der Waals surface area contributed by atoms with E-state index in [2.05, 4.69) is 15.0 Å². The van der Waals surface area contributed by atoms with E-state index in [9.17, 15) is 8.42 Å². The van der Waals surface area contributed by atoms with Gasteiger partial charge in [0.25, 0.3) is 0 Å². The van der Waals surface area contributed by atoms with Gasteiger partial charge in [-0.05, 0) is 41.9 Å². The van der Waals surface area contributed by atoms with Crippen LogP contribution in [0.25, 0.3) is 0 Å². The van der Waals surface area contributed by atoms with E-state index >= 15 is 0 Å². The minimum absolute atomic E-state index is 0.269. The number of hydrogen-bond donors (Lipinski definition) is 3. The Morgan fingerprint density at radius 1 is 1.32 bits per heavy atom. The molecule has 0 bridgehead atoms. The third-order valence-corrected chi connectivity index (χ3v) is 5.10. The summed E-state index contributed by atoms with van der Waals surface area (Å²) in [6.45, 7) is 2.91. The molecule has 0 spiro atoms. The maximum Gasteiger partial charge on any atom is 0.242 e. The van der Waals surface area contributed by atoms with Crippen LogP contribution in [-0.4, -0.2) is 20.4 Å². The monoisotopic (exact) mass is 299 g/mol. The molecule has 5 nitrogen and oxygen atoms in total. The molecule has 104 valence electrons. The van der Waals surface area contributed by atoms with E-state index in [0.717, 1.165) is 16.8 Å². The first kappa shape index (κ1) is 14.3. The predicted octanol–water partition coefficient (Wildman–Crippen LogP) is 1.58. The van der Waals surface area contributed by atoms with E-state index < -0.39 is 10.0 Å². The fourth-order valence-electron chi connectivity index (χ4n) is 1.69. The summed E-state index contributed by atoms with van der Waals surface area (Å²) in [5.41, 5.74) is 2.96. The molecule has 0 atom stereocenters. The van der Waals surface area contributed by atoms with Gasteiger partial charge >= 0.3 is 0 Å². The number of aryl methyl sites for hydroxylation is 1. The lowest BCUT2D eigenvalue weighted by atomic mass is 10.2. The fraction of sp³-hybridized carbons (Fsp3) is 0.333. The van der Waals surface area contributed by atoms with E-state index in [1.54, 1.807) is 17.4 Å². The molecular formula is C12H17N3O2S2. The van der Waals surface area contributed by atoms with Crippen molar-refractivity contribution >= 4 is 21.4 Å². The molecule has 0 unspecified atom stereocenters. The number of nitrogens with one attached hydrogen (secondary N) is 3. The lowest BCUT2D eigenvalue weighted by molar-refractivity contribution is 0.581. The van der Waals surface area contributed by atoms with Crippen LogP contribution in [0.5, 0.6) is 0 Å². The van der Waals surface area contributed by atoms with Gasteiger partial charge in [0.05, 0.1) is 4.90 Å². The summed E-state index contributed by atoms with van der Waals surface area (Å²) in [5.74, 6) is 0. The fourth-order valence-corrected chi connectivity index (χ4v) is 3.57. The Morgan fingerprint density at radius 3 is 2.74 bits per heavy atom. The Balaban J connectivity index is 2.07. The summed E-state index contributed by atoms with van der Waals surface area (Å²) >= 11 is 1.57. The molecule has 19 heavy (non-hydrogen) atoms. The number of aromatic amines is 1. The molecule has 3 N–H and O–H groups in total. The average Bonchev–Trinajstić information content (AvgIpc) is 2.97. The normalized spacial score (nSPS) is 11.9. The van der Waals surface area contributed by atoms with E-state index in [4.69, 9.17) is 0 Å². The highest BCUT2D eigenvalue weighted by atomic mass is 32.2. The Labute approximate surface area is 117 Å². The van der Waals surface area contributed by atoms with Gasteiger partial charge in [-0.15, -0.1) is 0 Å². The van der Waals surface area contributed by atoms with Gasteiger partial charge in [-0.1, -0.05) is 0 Å². The lowest BCUT2D eigenvalue weighted by Gasteiger charge is -2.04. The quantitative estimate of drug-likeness (QED) is 0.758. The molecule has 7 heteroatoms. The SMILES string of the molecule is CNCc1cc(S(=O)(=O)NCc2cscc2C)c[nH]1.